The summed E-state index contributed by atoms with van der Waals surface area (Å²) in [6.45, 7) is 0. The van der Waals surface area contributed by atoms with Crippen molar-refractivity contribution in [3.05, 3.63) is 64.7 Å². The minimum absolute atomic E-state index is 0.0839. The molecule has 0 spiro atoms. The molecule has 0 unspecified atom stereocenters. The van der Waals surface area contributed by atoms with Crippen LogP contribution in [0.2, 0.25) is 0 Å². The molecule has 8 heteroatoms. The molecule has 1 fully saturated rings. The zero-order valence-electron chi connectivity index (χ0n) is 15.4. The summed E-state index contributed by atoms with van der Waals surface area (Å²) >= 11 is 0. The molecule has 5 N–H and O–H groups in total. The van der Waals surface area contributed by atoms with Gasteiger partial charge in [-0.25, -0.2) is 11.7 Å². The summed E-state index contributed by atoms with van der Waals surface area (Å²) in [5.74, 6) is 10.7. The van der Waals surface area contributed by atoms with E-state index in [-0.39, 0.29) is 5.56 Å². The molecule has 1 saturated carbocycles. The number of nitrogens with zero attached hydrogens (tertiary/aromatic N) is 1. The standard InChI is InChI=1S/C19H19F3N2.CH4N2O/c1-24(23)18-8-4-7-17(19(20,21)22)16(18)12-11-13-5-2-3-6-15(13)14-9-10-14;2-3-1-4/h2-8,11-12,14H,9-10,23H2,1H3;1H,2H2,(H,3,4)/b12-11+;. The molecule has 0 aromatic heterocycles. The van der Waals surface area contributed by atoms with Crippen LogP contribution in [0.4, 0.5) is 18.9 Å². The summed E-state index contributed by atoms with van der Waals surface area (Å²) in [4.78, 5) is 8.94. The van der Waals surface area contributed by atoms with Gasteiger partial charge in [0.05, 0.1) is 11.3 Å². The SMILES string of the molecule is CN(N)c1cccc(C(F)(F)F)c1/C=C/c1ccccc1C1CC1.NNC=O. The number of nitrogens with two attached hydrogens (primary N) is 2. The van der Waals surface area contributed by atoms with E-state index < -0.39 is 11.7 Å². The third-order valence-corrected chi connectivity index (χ3v) is 4.28. The Hall–Kier alpha value is -2.84. The van der Waals surface area contributed by atoms with E-state index in [1.165, 1.54) is 29.8 Å². The second-order valence-electron chi connectivity index (χ2n) is 6.37. The van der Waals surface area contributed by atoms with Crippen LogP contribution in [0.25, 0.3) is 12.2 Å². The van der Waals surface area contributed by atoms with Crippen molar-refractivity contribution in [2.75, 3.05) is 12.1 Å². The van der Waals surface area contributed by atoms with Gasteiger partial charge in [0.1, 0.15) is 0 Å². The Balaban J connectivity index is 0.000000640. The zero-order chi connectivity index (χ0) is 20.7. The molecule has 28 heavy (non-hydrogen) atoms. The number of alkyl halides is 3. The molecular formula is C20H23F3N4O. The highest BCUT2D eigenvalue weighted by Crippen LogP contribution is 2.42. The van der Waals surface area contributed by atoms with Gasteiger partial charge in [-0.15, -0.1) is 0 Å². The molecule has 5 nitrogen and oxygen atoms in total. The second-order valence-corrected chi connectivity index (χ2v) is 6.37. The first-order valence-electron chi connectivity index (χ1n) is 8.65. The van der Waals surface area contributed by atoms with Gasteiger partial charge < -0.3 is 5.01 Å². The van der Waals surface area contributed by atoms with Crippen LogP contribution in [-0.2, 0) is 11.0 Å². The van der Waals surface area contributed by atoms with E-state index in [2.05, 4.69) is 5.84 Å². The van der Waals surface area contributed by atoms with Crippen molar-refractivity contribution in [2.45, 2.75) is 24.9 Å². The maximum absolute atomic E-state index is 13.3. The van der Waals surface area contributed by atoms with Crippen molar-refractivity contribution in [3.63, 3.8) is 0 Å². The lowest BCUT2D eigenvalue weighted by atomic mass is 9.99. The summed E-state index contributed by atoms with van der Waals surface area (Å²) in [6, 6.07) is 11.9. The summed E-state index contributed by atoms with van der Waals surface area (Å²) in [6.07, 6.45) is 1.53. The number of halogens is 3. The molecule has 2 aromatic rings. The highest BCUT2D eigenvalue weighted by atomic mass is 19.4. The van der Waals surface area contributed by atoms with Crippen molar-refractivity contribution in [2.24, 2.45) is 11.7 Å². The third-order valence-electron chi connectivity index (χ3n) is 4.28. The van der Waals surface area contributed by atoms with Gasteiger partial charge in [0, 0.05) is 12.6 Å². The van der Waals surface area contributed by atoms with E-state index >= 15 is 0 Å². The number of nitrogens with one attached hydrogen (secondary N) is 1. The number of hydrogen-bond acceptors (Lipinski definition) is 4. The number of benzene rings is 2. The molecule has 0 radical (unpaired) electrons. The Labute approximate surface area is 161 Å². The molecule has 0 saturated heterocycles. The van der Waals surface area contributed by atoms with E-state index in [1.807, 2.05) is 24.3 Å². The van der Waals surface area contributed by atoms with Crippen LogP contribution >= 0.6 is 0 Å². The molecule has 3 rings (SSSR count). The molecule has 1 amide bonds. The molecular weight excluding hydrogens is 369 g/mol. The first-order chi connectivity index (χ1) is 13.3. The lowest BCUT2D eigenvalue weighted by molar-refractivity contribution is -0.137. The van der Waals surface area contributed by atoms with Crippen LogP contribution in [0.5, 0.6) is 0 Å². The van der Waals surface area contributed by atoms with Crippen molar-refractivity contribution >= 4 is 24.2 Å². The van der Waals surface area contributed by atoms with Gasteiger partial charge in [-0.05, 0) is 42.0 Å². The summed E-state index contributed by atoms with van der Waals surface area (Å²) in [5.41, 5.74) is 3.64. The van der Waals surface area contributed by atoms with Crippen molar-refractivity contribution in [3.8, 4) is 0 Å². The first kappa shape index (κ1) is 21.5. The van der Waals surface area contributed by atoms with Crippen molar-refractivity contribution in [1.82, 2.24) is 5.43 Å². The quantitative estimate of drug-likeness (QED) is 0.238. The minimum Gasteiger partial charge on any atom is -0.314 e. The maximum Gasteiger partial charge on any atom is 0.417 e. The van der Waals surface area contributed by atoms with E-state index in [1.54, 1.807) is 17.6 Å². The molecule has 1 aliphatic rings. The predicted octanol–water partition coefficient (Wildman–Crippen LogP) is 3.67. The van der Waals surface area contributed by atoms with Crippen LogP contribution < -0.4 is 22.1 Å². The average molecular weight is 392 g/mol. The molecule has 0 aliphatic heterocycles. The van der Waals surface area contributed by atoms with Gasteiger partial charge in [-0.1, -0.05) is 42.5 Å². The third kappa shape index (κ3) is 5.58. The van der Waals surface area contributed by atoms with Crippen LogP contribution in [0.1, 0.15) is 41.0 Å². The zero-order valence-corrected chi connectivity index (χ0v) is 15.4. The fourth-order valence-corrected chi connectivity index (χ4v) is 2.88. The number of hydrogen-bond donors (Lipinski definition) is 3. The Kier molecular flexibility index (Phi) is 7.19. The summed E-state index contributed by atoms with van der Waals surface area (Å²) < 4.78 is 40.0. The molecule has 1 aliphatic carbocycles. The smallest absolute Gasteiger partial charge is 0.314 e. The Morgan fingerprint density at radius 3 is 2.29 bits per heavy atom. The lowest BCUT2D eigenvalue weighted by Gasteiger charge is -2.19. The second kappa shape index (κ2) is 9.38. The molecule has 0 atom stereocenters. The number of rotatable bonds is 5. The Morgan fingerprint density at radius 1 is 1.11 bits per heavy atom. The van der Waals surface area contributed by atoms with Gasteiger partial charge in [0.25, 0.3) is 0 Å². The van der Waals surface area contributed by atoms with Gasteiger partial charge in [0.2, 0.25) is 6.41 Å². The molecule has 0 bridgehead atoms. The van der Waals surface area contributed by atoms with Gasteiger partial charge in [-0.2, -0.15) is 13.2 Å². The highest BCUT2D eigenvalue weighted by Gasteiger charge is 2.34. The van der Waals surface area contributed by atoms with E-state index in [4.69, 9.17) is 10.6 Å². The lowest BCUT2D eigenvalue weighted by Crippen LogP contribution is -2.26. The first-order valence-corrected chi connectivity index (χ1v) is 8.65. The van der Waals surface area contributed by atoms with E-state index in [0.717, 1.165) is 24.5 Å². The molecule has 150 valence electrons. The highest BCUT2D eigenvalue weighted by molar-refractivity contribution is 5.80. The van der Waals surface area contributed by atoms with Crippen LogP contribution in [0, 0.1) is 0 Å². The summed E-state index contributed by atoms with van der Waals surface area (Å²) in [7, 11) is 1.53. The largest absolute Gasteiger partial charge is 0.417 e. The van der Waals surface area contributed by atoms with Crippen LogP contribution in [-0.4, -0.2) is 13.5 Å². The fourth-order valence-electron chi connectivity index (χ4n) is 2.88. The molecule has 0 heterocycles. The number of carbonyl (C=O) groups is 1. The van der Waals surface area contributed by atoms with Crippen LogP contribution in [0.15, 0.2) is 42.5 Å². The number of hydrazine groups is 2. The number of amides is 1. The predicted molar refractivity (Wildman–Crippen MR) is 105 cm³/mol. The van der Waals surface area contributed by atoms with Gasteiger partial charge in [-0.3, -0.25) is 10.2 Å². The molecule has 2 aromatic carbocycles. The maximum atomic E-state index is 13.3. The van der Waals surface area contributed by atoms with Crippen molar-refractivity contribution in [1.29, 1.82) is 0 Å². The normalized spacial score (nSPS) is 13.6. The topological polar surface area (TPSA) is 84.4 Å². The average Bonchev–Trinajstić information content (AvgIpc) is 3.51. The fraction of sp³-hybridized carbons (Fsp3) is 0.250. The summed E-state index contributed by atoms with van der Waals surface area (Å²) in [5, 5.41) is 1.21. The number of anilines is 1. The number of carbonyl (C=O) groups excluding carboxylic acids is 1. The Morgan fingerprint density at radius 2 is 1.75 bits per heavy atom. The van der Waals surface area contributed by atoms with E-state index in [9.17, 15) is 13.2 Å². The Bertz CT molecular complexity index is 830. The van der Waals surface area contributed by atoms with E-state index in [0.29, 0.717) is 18.0 Å². The van der Waals surface area contributed by atoms with Crippen LogP contribution in [0.3, 0.4) is 0 Å². The van der Waals surface area contributed by atoms with Crippen molar-refractivity contribution < 1.29 is 18.0 Å². The minimum atomic E-state index is -4.43. The van der Waals surface area contributed by atoms with Gasteiger partial charge in [0.15, 0.2) is 0 Å². The monoisotopic (exact) mass is 392 g/mol. The van der Waals surface area contributed by atoms with Gasteiger partial charge >= 0.3 is 6.18 Å².